The third-order valence-electron chi connectivity index (χ3n) is 7.94. The smallest absolute Gasteiger partial charge is 0.351 e. The Morgan fingerprint density at radius 3 is 2.44 bits per heavy atom. The zero-order chi connectivity index (χ0) is 34.3. The van der Waals surface area contributed by atoms with Gasteiger partial charge in [-0.05, 0) is 55.2 Å². The second kappa shape index (κ2) is 15.5. The van der Waals surface area contributed by atoms with Crippen LogP contribution in [0.5, 0.6) is 0 Å². The Bertz CT molecular complexity index is 2050. The van der Waals surface area contributed by atoms with E-state index in [9.17, 15) is 18.0 Å². The van der Waals surface area contributed by atoms with Crippen LogP contribution in [0.15, 0.2) is 87.2 Å². The maximum atomic E-state index is 13.8. The Balaban J connectivity index is 1.41. The minimum atomic E-state index is -4.26. The highest BCUT2D eigenvalue weighted by atomic mass is 35.5. The fourth-order valence-corrected chi connectivity index (χ4v) is 6.70. The number of hydrogen-bond acceptors (Lipinski definition) is 8. The topological polar surface area (TPSA) is 141 Å². The SMILES string of the molecule is CCCCCNc1ccc(Cl)c(-n2nc(CCCC)n(Cc3ccc(-c4ccccc4S(=O)(=O)NC(=O)c4ocnc4C)cc3)c2=O)c1. The fourth-order valence-electron chi connectivity index (χ4n) is 5.32. The summed E-state index contributed by atoms with van der Waals surface area (Å²) in [6, 6.07) is 19.2. The summed E-state index contributed by atoms with van der Waals surface area (Å²) in [6.45, 7) is 6.88. The van der Waals surface area contributed by atoms with E-state index in [1.165, 1.54) is 10.7 Å². The summed E-state index contributed by atoms with van der Waals surface area (Å²) in [5.41, 5.74) is 3.21. The molecule has 0 bridgehead atoms. The third kappa shape index (κ3) is 7.88. The predicted molar refractivity (Wildman–Crippen MR) is 186 cm³/mol. The lowest BCUT2D eigenvalue weighted by atomic mass is 10.0. The van der Waals surface area contributed by atoms with Crippen LogP contribution in [0.2, 0.25) is 5.02 Å². The van der Waals surface area contributed by atoms with Gasteiger partial charge in [-0.3, -0.25) is 9.36 Å². The van der Waals surface area contributed by atoms with Crippen LogP contribution in [0.25, 0.3) is 16.8 Å². The molecule has 5 rings (SSSR count). The van der Waals surface area contributed by atoms with E-state index in [4.69, 9.17) is 21.1 Å². The molecule has 11 nitrogen and oxygen atoms in total. The molecule has 0 unspecified atom stereocenters. The lowest BCUT2D eigenvalue weighted by molar-refractivity contribution is 0.0953. The molecule has 0 aliphatic heterocycles. The van der Waals surface area contributed by atoms with Gasteiger partial charge in [-0.25, -0.2) is 22.9 Å². The number of oxazole rings is 1. The van der Waals surface area contributed by atoms with E-state index >= 15 is 0 Å². The summed E-state index contributed by atoms with van der Waals surface area (Å²) in [5, 5.41) is 8.55. The van der Waals surface area contributed by atoms with E-state index < -0.39 is 15.9 Å². The Hall–Kier alpha value is -4.68. The molecule has 0 saturated heterocycles. The van der Waals surface area contributed by atoms with Gasteiger partial charge in [0.2, 0.25) is 5.76 Å². The average Bonchev–Trinajstić information content (AvgIpc) is 3.65. The van der Waals surface area contributed by atoms with Gasteiger partial charge in [0, 0.05) is 24.2 Å². The van der Waals surface area contributed by atoms with Crippen molar-refractivity contribution in [2.75, 3.05) is 11.9 Å². The van der Waals surface area contributed by atoms with Crippen molar-refractivity contribution in [1.82, 2.24) is 24.1 Å². The van der Waals surface area contributed by atoms with Crippen LogP contribution < -0.4 is 15.7 Å². The highest BCUT2D eigenvalue weighted by Gasteiger charge is 2.25. The molecule has 0 saturated carbocycles. The van der Waals surface area contributed by atoms with E-state index in [0.29, 0.717) is 34.1 Å². The van der Waals surface area contributed by atoms with Gasteiger partial charge in [0.15, 0.2) is 6.39 Å². The maximum absolute atomic E-state index is 13.8. The van der Waals surface area contributed by atoms with Crippen molar-refractivity contribution in [3.05, 3.63) is 111 Å². The molecule has 48 heavy (non-hydrogen) atoms. The largest absolute Gasteiger partial charge is 0.438 e. The van der Waals surface area contributed by atoms with Crippen LogP contribution in [0.1, 0.15) is 73.6 Å². The zero-order valence-electron chi connectivity index (χ0n) is 27.2. The fraction of sp³-hybridized carbons (Fsp3) is 0.314. The number of aryl methyl sites for hydroxylation is 2. The first kappa shape index (κ1) is 34.6. The van der Waals surface area contributed by atoms with E-state index in [1.807, 2.05) is 24.3 Å². The quantitative estimate of drug-likeness (QED) is 0.115. The maximum Gasteiger partial charge on any atom is 0.351 e. The van der Waals surface area contributed by atoms with Gasteiger partial charge >= 0.3 is 11.6 Å². The number of nitrogens with one attached hydrogen (secondary N) is 2. The van der Waals surface area contributed by atoms with Crippen molar-refractivity contribution in [3.8, 4) is 16.8 Å². The zero-order valence-corrected chi connectivity index (χ0v) is 28.8. The van der Waals surface area contributed by atoms with Crippen molar-refractivity contribution in [3.63, 3.8) is 0 Å². The van der Waals surface area contributed by atoms with Crippen LogP contribution >= 0.6 is 11.6 Å². The van der Waals surface area contributed by atoms with Gasteiger partial charge in [-0.15, -0.1) is 5.10 Å². The number of nitrogens with zero attached hydrogens (tertiary/aromatic N) is 4. The second-order valence-electron chi connectivity index (χ2n) is 11.5. The molecule has 2 N–H and O–H groups in total. The van der Waals surface area contributed by atoms with Crippen molar-refractivity contribution >= 4 is 33.2 Å². The molecule has 0 atom stereocenters. The Labute approximate surface area is 285 Å². The summed E-state index contributed by atoms with van der Waals surface area (Å²) < 4.78 is 36.8. The number of carbonyl (C=O) groups excluding carboxylic acids is 1. The van der Waals surface area contributed by atoms with Crippen molar-refractivity contribution in [2.45, 2.75) is 70.7 Å². The Morgan fingerprint density at radius 1 is 0.979 bits per heavy atom. The van der Waals surface area contributed by atoms with Crippen LogP contribution in [0.4, 0.5) is 5.69 Å². The number of benzene rings is 3. The number of unbranched alkanes of at least 4 members (excludes halogenated alkanes) is 3. The normalized spacial score (nSPS) is 11.5. The summed E-state index contributed by atoms with van der Waals surface area (Å²) >= 11 is 6.58. The first-order chi connectivity index (χ1) is 23.1. The van der Waals surface area contributed by atoms with Gasteiger partial charge in [0.25, 0.3) is 10.0 Å². The Morgan fingerprint density at radius 2 is 1.73 bits per heavy atom. The number of rotatable bonds is 15. The van der Waals surface area contributed by atoms with E-state index in [-0.39, 0.29) is 28.6 Å². The summed E-state index contributed by atoms with van der Waals surface area (Å²) in [6.07, 6.45) is 6.81. The second-order valence-corrected chi connectivity index (χ2v) is 13.6. The molecular formula is C35H39ClN6O5S. The van der Waals surface area contributed by atoms with Crippen molar-refractivity contribution in [2.24, 2.45) is 0 Å². The molecule has 5 aromatic rings. The van der Waals surface area contributed by atoms with E-state index in [2.05, 4.69) is 28.9 Å². The molecular weight excluding hydrogens is 652 g/mol. The molecule has 0 spiro atoms. The Kier molecular flexibility index (Phi) is 11.2. The van der Waals surface area contributed by atoms with Crippen LogP contribution in [-0.4, -0.2) is 40.2 Å². The van der Waals surface area contributed by atoms with Gasteiger partial charge in [-0.1, -0.05) is 87.2 Å². The first-order valence-corrected chi connectivity index (χ1v) is 17.9. The molecule has 0 radical (unpaired) electrons. The first-order valence-electron chi connectivity index (χ1n) is 16.0. The van der Waals surface area contributed by atoms with E-state index in [1.54, 1.807) is 47.9 Å². The predicted octanol–water partition coefficient (Wildman–Crippen LogP) is 6.76. The van der Waals surface area contributed by atoms with Gasteiger partial charge in [0.05, 0.1) is 27.8 Å². The highest BCUT2D eigenvalue weighted by Crippen LogP contribution is 2.28. The minimum absolute atomic E-state index is 0.0680. The minimum Gasteiger partial charge on any atom is -0.438 e. The molecule has 0 aliphatic carbocycles. The van der Waals surface area contributed by atoms with Crippen LogP contribution in [0, 0.1) is 6.92 Å². The number of aromatic nitrogens is 4. The number of halogens is 1. The number of carbonyl (C=O) groups is 1. The molecule has 2 heterocycles. The van der Waals surface area contributed by atoms with Gasteiger partial charge in [0.1, 0.15) is 5.82 Å². The van der Waals surface area contributed by atoms with Crippen molar-refractivity contribution in [1.29, 1.82) is 0 Å². The molecule has 13 heteroatoms. The number of anilines is 1. The highest BCUT2D eigenvalue weighted by molar-refractivity contribution is 7.90. The third-order valence-corrected chi connectivity index (χ3v) is 9.65. The molecule has 3 aromatic carbocycles. The van der Waals surface area contributed by atoms with E-state index in [0.717, 1.165) is 56.3 Å². The van der Waals surface area contributed by atoms with Crippen LogP contribution in [-0.2, 0) is 23.0 Å². The lowest BCUT2D eigenvalue weighted by Crippen LogP contribution is -2.31. The van der Waals surface area contributed by atoms with Gasteiger partial charge in [-0.2, -0.15) is 4.68 Å². The molecule has 0 aliphatic rings. The summed E-state index contributed by atoms with van der Waals surface area (Å²) in [4.78, 5) is 30.2. The van der Waals surface area contributed by atoms with Crippen molar-refractivity contribution < 1.29 is 17.6 Å². The summed E-state index contributed by atoms with van der Waals surface area (Å²) in [7, 11) is -4.26. The number of hydrogen-bond donors (Lipinski definition) is 2. The molecule has 252 valence electrons. The average molecular weight is 691 g/mol. The standard InChI is InChI=1S/C35H39ClN6O5S/c1-4-6-10-20-37-27-18-19-29(36)30(21-27)42-35(44)41(32(39-42)13-7-5-2)22-25-14-16-26(17-15-25)28-11-8-9-12-31(28)48(45,46)40-34(43)33-24(3)38-23-47-33/h8-9,11-12,14-19,21,23,37H,4-7,10,13,20,22H2,1-3H3,(H,40,43). The lowest BCUT2D eigenvalue weighted by Gasteiger charge is -2.12. The number of sulfonamides is 1. The molecule has 1 amide bonds. The monoisotopic (exact) mass is 690 g/mol. The molecule has 0 fully saturated rings. The number of amides is 1. The summed E-state index contributed by atoms with van der Waals surface area (Å²) in [5.74, 6) is -0.430. The van der Waals surface area contributed by atoms with Gasteiger partial charge < -0.3 is 9.73 Å². The molecule has 2 aromatic heterocycles. The van der Waals surface area contributed by atoms with Crippen LogP contribution in [0.3, 0.4) is 0 Å².